The van der Waals surface area contributed by atoms with Crippen LogP contribution in [0.2, 0.25) is 0 Å². The first kappa shape index (κ1) is 16.6. The fourth-order valence-corrected chi connectivity index (χ4v) is 5.61. The molecule has 24 heavy (non-hydrogen) atoms. The summed E-state index contributed by atoms with van der Waals surface area (Å²) in [6.45, 7) is 0. The van der Waals surface area contributed by atoms with E-state index in [1.807, 2.05) is 0 Å². The van der Waals surface area contributed by atoms with E-state index in [4.69, 9.17) is 4.74 Å². The van der Waals surface area contributed by atoms with Gasteiger partial charge in [-0.15, -0.1) is 0 Å². The Labute approximate surface area is 148 Å². The molecule has 1 nitrogen and oxygen atoms in total. The molecular weight excluding hydrogens is 292 g/mol. The van der Waals surface area contributed by atoms with E-state index in [2.05, 4.69) is 30.3 Å². The van der Waals surface area contributed by atoms with Crippen LogP contribution in [0.5, 0.6) is 0 Å². The zero-order valence-corrected chi connectivity index (χ0v) is 15.2. The summed E-state index contributed by atoms with van der Waals surface area (Å²) < 4.78 is 6.82. The van der Waals surface area contributed by atoms with E-state index in [1.165, 1.54) is 77.0 Å². The van der Waals surface area contributed by atoms with Crippen molar-refractivity contribution in [3.05, 3.63) is 35.9 Å². The second kappa shape index (κ2) is 8.04. The summed E-state index contributed by atoms with van der Waals surface area (Å²) in [6, 6.07) is 11.3. The highest BCUT2D eigenvalue weighted by Gasteiger charge is 2.38. The number of rotatable bonds is 3. The van der Waals surface area contributed by atoms with Crippen molar-refractivity contribution in [3.8, 4) is 0 Å². The largest absolute Gasteiger partial charge is 0.374 e. The van der Waals surface area contributed by atoms with Gasteiger partial charge in [-0.05, 0) is 61.8 Å². The van der Waals surface area contributed by atoms with Crippen molar-refractivity contribution in [2.75, 3.05) is 0 Å². The van der Waals surface area contributed by atoms with Crippen LogP contribution in [0.15, 0.2) is 30.3 Å². The fourth-order valence-electron chi connectivity index (χ4n) is 5.61. The molecule has 1 aromatic rings. The van der Waals surface area contributed by atoms with Crippen LogP contribution in [0.3, 0.4) is 0 Å². The molecule has 2 aliphatic carbocycles. The molecule has 2 atom stereocenters. The highest BCUT2D eigenvalue weighted by Crippen LogP contribution is 2.43. The number of ether oxygens (including phenoxy) is 1. The Morgan fingerprint density at radius 3 is 1.62 bits per heavy atom. The van der Waals surface area contributed by atoms with Gasteiger partial charge < -0.3 is 4.74 Å². The summed E-state index contributed by atoms with van der Waals surface area (Å²) in [5.74, 6) is 2.38. The molecule has 3 aliphatic rings. The van der Waals surface area contributed by atoms with Crippen molar-refractivity contribution >= 4 is 0 Å². The highest BCUT2D eigenvalue weighted by atomic mass is 16.5. The molecule has 3 fully saturated rings. The molecule has 2 unspecified atom stereocenters. The molecule has 0 aromatic heterocycles. The average Bonchev–Trinajstić information content (AvgIpc) is 2.70. The van der Waals surface area contributed by atoms with Crippen molar-refractivity contribution in [1.82, 2.24) is 0 Å². The first-order chi connectivity index (χ1) is 11.9. The van der Waals surface area contributed by atoms with Crippen molar-refractivity contribution in [2.24, 2.45) is 11.8 Å². The molecule has 0 bridgehead atoms. The van der Waals surface area contributed by atoms with Crippen LogP contribution in [0, 0.1) is 11.8 Å². The van der Waals surface area contributed by atoms with Gasteiger partial charge in [0.05, 0.1) is 12.2 Å². The third kappa shape index (κ3) is 3.87. The molecule has 0 spiro atoms. The molecule has 1 aliphatic heterocycles. The number of benzene rings is 1. The Morgan fingerprint density at radius 2 is 1.12 bits per heavy atom. The molecule has 1 saturated heterocycles. The lowest BCUT2D eigenvalue weighted by molar-refractivity contribution is -0.118. The molecule has 132 valence electrons. The van der Waals surface area contributed by atoms with E-state index in [-0.39, 0.29) is 0 Å². The van der Waals surface area contributed by atoms with E-state index in [0.29, 0.717) is 12.2 Å². The minimum absolute atomic E-state index is 0.524. The summed E-state index contributed by atoms with van der Waals surface area (Å²) in [6.07, 6.45) is 17.8. The Balaban J connectivity index is 1.51. The molecule has 1 heteroatoms. The monoisotopic (exact) mass is 326 g/mol. The van der Waals surface area contributed by atoms with Crippen LogP contribution in [-0.2, 0) is 4.74 Å². The second-order valence-corrected chi connectivity index (χ2v) is 8.59. The second-order valence-electron chi connectivity index (χ2n) is 8.59. The van der Waals surface area contributed by atoms with Gasteiger partial charge in [0.25, 0.3) is 0 Å². The standard InChI is InChI=1S/C23H34O/c1-4-10-18(11-5-1)21-16-22(19-12-6-2-7-13-19)24-23(17-21)20-14-8-3-9-15-20/h1,4-5,10-11,19-23H,2-3,6-9,12-17H2. The van der Waals surface area contributed by atoms with Crippen LogP contribution < -0.4 is 0 Å². The smallest absolute Gasteiger partial charge is 0.0613 e. The Morgan fingerprint density at radius 1 is 0.625 bits per heavy atom. The topological polar surface area (TPSA) is 9.23 Å². The van der Waals surface area contributed by atoms with E-state index in [9.17, 15) is 0 Å². The number of hydrogen-bond acceptors (Lipinski definition) is 1. The van der Waals surface area contributed by atoms with Crippen LogP contribution in [-0.4, -0.2) is 12.2 Å². The van der Waals surface area contributed by atoms with E-state index in [1.54, 1.807) is 5.56 Å². The van der Waals surface area contributed by atoms with Gasteiger partial charge in [0.2, 0.25) is 0 Å². The predicted molar refractivity (Wildman–Crippen MR) is 100 cm³/mol. The van der Waals surface area contributed by atoms with Gasteiger partial charge in [0.15, 0.2) is 0 Å². The molecule has 2 saturated carbocycles. The lowest BCUT2D eigenvalue weighted by atomic mass is 9.74. The predicted octanol–water partition coefficient (Wildman–Crippen LogP) is 6.48. The van der Waals surface area contributed by atoms with Gasteiger partial charge in [0.1, 0.15) is 0 Å². The minimum Gasteiger partial charge on any atom is -0.374 e. The lowest BCUT2D eigenvalue weighted by Crippen LogP contribution is -2.41. The van der Waals surface area contributed by atoms with E-state index >= 15 is 0 Å². The lowest BCUT2D eigenvalue weighted by Gasteiger charge is -2.44. The summed E-state index contributed by atoms with van der Waals surface area (Å²) in [7, 11) is 0. The normalized spacial score (nSPS) is 33.4. The molecule has 0 amide bonds. The fraction of sp³-hybridized carbons (Fsp3) is 0.739. The van der Waals surface area contributed by atoms with Crippen molar-refractivity contribution in [1.29, 1.82) is 0 Å². The maximum atomic E-state index is 6.82. The van der Waals surface area contributed by atoms with Crippen molar-refractivity contribution in [3.63, 3.8) is 0 Å². The Bertz CT molecular complexity index is 458. The molecule has 1 heterocycles. The van der Waals surface area contributed by atoms with Crippen LogP contribution in [0.1, 0.15) is 88.5 Å². The molecular formula is C23H34O. The van der Waals surface area contributed by atoms with Gasteiger partial charge in [-0.3, -0.25) is 0 Å². The third-order valence-corrected chi connectivity index (χ3v) is 7.01. The maximum Gasteiger partial charge on any atom is 0.0613 e. The first-order valence-electron chi connectivity index (χ1n) is 10.6. The zero-order chi connectivity index (χ0) is 16.2. The summed E-state index contributed by atoms with van der Waals surface area (Å²) in [5, 5.41) is 0. The van der Waals surface area contributed by atoms with E-state index in [0.717, 1.165) is 17.8 Å². The van der Waals surface area contributed by atoms with Crippen LogP contribution in [0.25, 0.3) is 0 Å². The Kier molecular flexibility index (Phi) is 5.57. The third-order valence-electron chi connectivity index (χ3n) is 7.01. The highest BCUT2D eigenvalue weighted by molar-refractivity contribution is 5.20. The van der Waals surface area contributed by atoms with Crippen LogP contribution >= 0.6 is 0 Å². The van der Waals surface area contributed by atoms with E-state index < -0.39 is 0 Å². The molecule has 0 N–H and O–H groups in total. The Hall–Kier alpha value is -0.820. The average molecular weight is 327 g/mol. The molecule has 1 aromatic carbocycles. The van der Waals surface area contributed by atoms with Gasteiger partial charge in [-0.1, -0.05) is 68.9 Å². The summed E-state index contributed by atoms with van der Waals surface area (Å²) in [4.78, 5) is 0. The summed E-state index contributed by atoms with van der Waals surface area (Å²) in [5.41, 5.74) is 1.56. The number of hydrogen-bond donors (Lipinski definition) is 0. The molecule has 0 radical (unpaired) electrons. The minimum atomic E-state index is 0.524. The van der Waals surface area contributed by atoms with Crippen molar-refractivity contribution in [2.45, 2.75) is 95.2 Å². The SMILES string of the molecule is c1ccc(C2CC(C3CCCCC3)OC(C3CCCCC3)C2)cc1. The van der Waals surface area contributed by atoms with Gasteiger partial charge in [-0.2, -0.15) is 0 Å². The quantitative estimate of drug-likeness (QED) is 0.618. The zero-order valence-electron chi connectivity index (χ0n) is 15.2. The first-order valence-corrected chi connectivity index (χ1v) is 10.6. The molecule has 4 rings (SSSR count). The van der Waals surface area contributed by atoms with Gasteiger partial charge in [0, 0.05) is 0 Å². The summed E-state index contributed by atoms with van der Waals surface area (Å²) >= 11 is 0. The van der Waals surface area contributed by atoms with Crippen LogP contribution in [0.4, 0.5) is 0 Å². The van der Waals surface area contributed by atoms with Gasteiger partial charge >= 0.3 is 0 Å². The van der Waals surface area contributed by atoms with Gasteiger partial charge in [-0.25, -0.2) is 0 Å². The van der Waals surface area contributed by atoms with Crippen molar-refractivity contribution < 1.29 is 4.74 Å². The maximum absolute atomic E-state index is 6.82.